The van der Waals surface area contributed by atoms with Gasteiger partial charge in [-0.1, -0.05) is 61.8 Å². The summed E-state index contributed by atoms with van der Waals surface area (Å²) in [7, 11) is 0. The van der Waals surface area contributed by atoms with E-state index in [0.29, 0.717) is 41.5 Å². The molecular weight excluding hydrogens is 422 g/mol. The molecule has 6 heteroatoms. The molecule has 0 aromatic heterocycles. The van der Waals surface area contributed by atoms with Gasteiger partial charge in [0.15, 0.2) is 0 Å². The van der Waals surface area contributed by atoms with Gasteiger partial charge in [-0.05, 0) is 60.0 Å². The average molecular weight is 450 g/mol. The first-order chi connectivity index (χ1) is 15.3. The zero-order valence-corrected chi connectivity index (χ0v) is 19.1. The van der Waals surface area contributed by atoms with Crippen LogP contribution in [-0.4, -0.2) is 29.8 Å². The molecule has 0 aliphatic carbocycles. The van der Waals surface area contributed by atoms with Gasteiger partial charge < -0.3 is 16.0 Å². The minimum Gasteiger partial charge on any atom is -0.334 e. The molecule has 0 fully saturated rings. The Bertz CT molecular complexity index is 1070. The molecule has 3 aromatic rings. The maximum atomic E-state index is 13.3. The number of hydrogen-bond acceptors (Lipinski definition) is 3. The van der Waals surface area contributed by atoms with Crippen molar-refractivity contribution in [1.82, 2.24) is 4.90 Å². The molecule has 3 aromatic carbocycles. The van der Waals surface area contributed by atoms with E-state index >= 15 is 0 Å². The van der Waals surface area contributed by atoms with Crippen molar-refractivity contribution in [3.63, 3.8) is 0 Å². The minimum absolute atomic E-state index is 0.0954. The van der Waals surface area contributed by atoms with Crippen LogP contribution in [0.1, 0.15) is 40.1 Å². The molecule has 3 rings (SSSR count). The van der Waals surface area contributed by atoms with Crippen molar-refractivity contribution in [3.05, 3.63) is 101 Å². The van der Waals surface area contributed by atoms with E-state index in [2.05, 4.69) is 5.32 Å². The van der Waals surface area contributed by atoms with Gasteiger partial charge in [0.1, 0.15) is 0 Å². The second-order valence-corrected chi connectivity index (χ2v) is 8.93. The fraction of sp³-hybridized carbons (Fsp3) is 0.231. The van der Waals surface area contributed by atoms with E-state index in [1.54, 1.807) is 41.3 Å². The van der Waals surface area contributed by atoms with Gasteiger partial charge in [0.25, 0.3) is 11.8 Å². The quantitative estimate of drug-likeness (QED) is 0.495. The van der Waals surface area contributed by atoms with Crippen LogP contribution < -0.4 is 11.1 Å². The van der Waals surface area contributed by atoms with Crippen molar-refractivity contribution in [2.75, 3.05) is 18.4 Å². The maximum absolute atomic E-state index is 13.3. The number of nitrogens with two attached hydrogens (primary N) is 1. The Labute approximate surface area is 194 Å². The standard InChI is InChI=1S/C26H28ClN3O2/c1-26(2,17-28)18-30(25(32)20-11-7-4-8-12-20)16-21-15-22(13-14-23(21)27)29-24(31)19-9-5-3-6-10-19/h3-15H,16-18,28H2,1-2H3,(H,29,31). The number of benzene rings is 3. The lowest BCUT2D eigenvalue weighted by Gasteiger charge is -2.32. The normalized spacial score (nSPS) is 11.1. The highest BCUT2D eigenvalue weighted by Gasteiger charge is 2.25. The first kappa shape index (κ1) is 23.5. The first-order valence-electron chi connectivity index (χ1n) is 10.5. The van der Waals surface area contributed by atoms with E-state index < -0.39 is 0 Å². The van der Waals surface area contributed by atoms with E-state index in [4.69, 9.17) is 17.3 Å². The fourth-order valence-corrected chi connectivity index (χ4v) is 3.49. The number of carbonyl (C=O) groups is 2. The van der Waals surface area contributed by atoms with E-state index in [9.17, 15) is 9.59 Å². The van der Waals surface area contributed by atoms with Crippen LogP contribution in [0, 0.1) is 5.41 Å². The van der Waals surface area contributed by atoms with Crippen LogP contribution in [0.5, 0.6) is 0 Å². The number of rotatable bonds is 8. The van der Waals surface area contributed by atoms with Crippen LogP contribution in [0.15, 0.2) is 78.9 Å². The van der Waals surface area contributed by atoms with Crippen molar-refractivity contribution >= 4 is 29.1 Å². The summed E-state index contributed by atoms with van der Waals surface area (Å²) in [5.74, 6) is -0.303. The summed E-state index contributed by atoms with van der Waals surface area (Å²) in [5.41, 5.74) is 8.20. The molecule has 0 aliphatic heterocycles. The highest BCUT2D eigenvalue weighted by Crippen LogP contribution is 2.25. The second-order valence-electron chi connectivity index (χ2n) is 8.52. The highest BCUT2D eigenvalue weighted by molar-refractivity contribution is 6.31. The molecule has 0 spiro atoms. The van der Waals surface area contributed by atoms with Crippen LogP contribution in [-0.2, 0) is 6.54 Å². The summed E-state index contributed by atoms with van der Waals surface area (Å²) in [5, 5.41) is 3.43. The number of halogens is 1. The summed E-state index contributed by atoms with van der Waals surface area (Å²) in [6, 6.07) is 23.4. The summed E-state index contributed by atoms with van der Waals surface area (Å²) in [6.07, 6.45) is 0. The van der Waals surface area contributed by atoms with Crippen molar-refractivity contribution < 1.29 is 9.59 Å². The molecule has 0 aliphatic rings. The number of nitrogens with zero attached hydrogens (tertiary/aromatic N) is 1. The molecule has 0 atom stereocenters. The van der Waals surface area contributed by atoms with Crippen molar-refractivity contribution in [1.29, 1.82) is 0 Å². The van der Waals surface area contributed by atoms with Crippen molar-refractivity contribution in [2.24, 2.45) is 11.1 Å². The monoisotopic (exact) mass is 449 g/mol. The second kappa shape index (κ2) is 10.4. The summed E-state index contributed by atoms with van der Waals surface area (Å²) in [6.45, 7) is 5.25. The van der Waals surface area contributed by atoms with Crippen LogP contribution in [0.2, 0.25) is 5.02 Å². The summed E-state index contributed by atoms with van der Waals surface area (Å²) < 4.78 is 0. The van der Waals surface area contributed by atoms with Gasteiger partial charge in [-0.3, -0.25) is 9.59 Å². The Morgan fingerprint density at radius 1 is 0.938 bits per heavy atom. The molecule has 0 bridgehead atoms. The fourth-order valence-electron chi connectivity index (χ4n) is 3.32. The summed E-state index contributed by atoms with van der Waals surface area (Å²) >= 11 is 6.47. The number of hydrogen-bond donors (Lipinski definition) is 2. The predicted octanol–water partition coefficient (Wildman–Crippen LogP) is 5.22. The number of amides is 2. The Kier molecular flexibility index (Phi) is 7.67. The SMILES string of the molecule is CC(C)(CN)CN(Cc1cc(NC(=O)c2ccccc2)ccc1Cl)C(=O)c1ccccc1. The molecular formula is C26H28ClN3O2. The molecule has 0 heterocycles. The molecule has 5 nitrogen and oxygen atoms in total. The lowest BCUT2D eigenvalue weighted by molar-refractivity contribution is 0.0673. The number of nitrogens with one attached hydrogen (secondary N) is 1. The minimum atomic E-state index is -0.268. The molecule has 166 valence electrons. The number of carbonyl (C=O) groups excluding carboxylic acids is 2. The molecule has 0 saturated heterocycles. The van der Waals surface area contributed by atoms with E-state index in [1.807, 2.05) is 56.3 Å². The van der Waals surface area contributed by atoms with E-state index in [-0.39, 0.29) is 17.2 Å². The Morgan fingerprint density at radius 3 is 2.12 bits per heavy atom. The van der Waals surface area contributed by atoms with Crippen LogP contribution in [0.25, 0.3) is 0 Å². The van der Waals surface area contributed by atoms with Crippen LogP contribution >= 0.6 is 11.6 Å². The lowest BCUT2D eigenvalue weighted by atomic mass is 9.92. The van der Waals surface area contributed by atoms with E-state index in [0.717, 1.165) is 5.56 Å². The maximum Gasteiger partial charge on any atom is 0.255 e. The zero-order chi connectivity index (χ0) is 23.1. The van der Waals surface area contributed by atoms with Gasteiger partial charge in [-0.2, -0.15) is 0 Å². The largest absolute Gasteiger partial charge is 0.334 e. The molecule has 3 N–H and O–H groups in total. The molecule has 32 heavy (non-hydrogen) atoms. The van der Waals surface area contributed by atoms with Gasteiger partial charge in [0.2, 0.25) is 0 Å². The summed E-state index contributed by atoms with van der Waals surface area (Å²) in [4.78, 5) is 27.6. The van der Waals surface area contributed by atoms with Gasteiger partial charge >= 0.3 is 0 Å². The highest BCUT2D eigenvalue weighted by atomic mass is 35.5. The zero-order valence-electron chi connectivity index (χ0n) is 18.3. The van der Waals surface area contributed by atoms with Crippen LogP contribution in [0.3, 0.4) is 0 Å². The first-order valence-corrected chi connectivity index (χ1v) is 10.9. The van der Waals surface area contributed by atoms with Crippen molar-refractivity contribution in [2.45, 2.75) is 20.4 Å². The van der Waals surface area contributed by atoms with Gasteiger partial charge in [0, 0.05) is 34.9 Å². The van der Waals surface area contributed by atoms with Crippen molar-refractivity contribution in [3.8, 4) is 0 Å². The van der Waals surface area contributed by atoms with Gasteiger partial charge in [-0.15, -0.1) is 0 Å². The molecule has 0 radical (unpaired) electrons. The average Bonchev–Trinajstić information content (AvgIpc) is 2.81. The van der Waals surface area contributed by atoms with Crippen LogP contribution in [0.4, 0.5) is 5.69 Å². The molecule has 2 amide bonds. The lowest BCUT2D eigenvalue weighted by Crippen LogP contribution is -2.41. The Morgan fingerprint density at radius 2 is 1.53 bits per heavy atom. The molecule has 0 saturated carbocycles. The van der Waals surface area contributed by atoms with E-state index in [1.165, 1.54) is 0 Å². The number of anilines is 1. The molecule has 0 unspecified atom stereocenters. The Balaban J connectivity index is 1.85. The third-order valence-electron chi connectivity index (χ3n) is 5.18. The Hall–Kier alpha value is -3.15. The van der Waals surface area contributed by atoms with Gasteiger partial charge in [-0.25, -0.2) is 0 Å². The topological polar surface area (TPSA) is 75.4 Å². The smallest absolute Gasteiger partial charge is 0.255 e. The third-order valence-corrected chi connectivity index (χ3v) is 5.55. The van der Waals surface area contributed by atoms with Gasteiger partial charge in [0.05, 0.1) is 0 Å². The predicted molar refractivity (Wildman–Crippen MR) is 130 cm³/mol. The third kappa shape index (κ3) is 6.19.